The summed E-state index contributed by atoms with van der Waals surface area (Å²) in [6, 6.07) is 7.39. The molecular formula is C21H30ClIN6O2. The Morgan fingerprint density at radius 2 is 2.03 bits per heavy atom. The molecule has 1 amide bonds. The summed E-state index contributed by atoms with van der Waals surface area (Å²) in [6.07, 6.45) is 1.92. The Bertz CT molecular complexity index is 854. The van der Waals surface area contributed by atoms with E-state index in [0.717, 1.165) is 62.2 Å². The Labute approximate surface area is 205 Å². The largest absolute Gasteiger partial charge is 0.364 e. The van der Waals surface area contributed by atoms with Crippen molar-refractivity contribution in [3.63, 3.8) is 0 Å². The lowest BCUT2D eigenvalue weighted by Crippen LogP contribution is -2.52. The number of carbonyl (C=O) groups is 1. The zero-order valence-electron chi connectivity index (χ0n) is 17.9. The number of benzene rings is 1. The average molecular weight is 561 g/mol. The average Bonchev–Trinajstić information content (AvgIpc) is 3.24. The lowest BCUT2D eigenvalue weighted by Gasteiger charge is -2.36. The normalized spacial score (nSPS) is 14.8. The summed E-state index contributed by atoms with van der Waals surface area (Å²) >= 11 is 6.12. The number of hydrogen-bond donors (Lipinski definition) is 2. The van der Waals surface area contributed by atoms with Gasteiger partial charge in [0.1, 0.15) is 6.26 Å². The standard InChI is InChI=1S/C21H29ClN6O2.HI/c1-3-23-21(28-12-10-27(11-13-28)15-17-8-14-30-26-17)24-9-7-20(29)25-19-6-4-5-18(22)16(19)2;/h4-6,8,14H,3,7,9-13,15H2,1-2H3,(H,23,24)(H,25,29);1H. The number of rotatable bonds is 7. The Kier molecular flexibility index (Phi) is 10.6. The second kappa shape index (κ2) is 12.9. The first-order valence-corrected chi connectivity index (χ1v) is 10.6. The Morgan fingerprint density at radius 1 is 1.26 bits per heavy atom. The first-order valence-electron chi connectivity index (χ1n) is 10.3. The molecule has 2 aromatic rings. The minimum atomic E-state index is -0.0719. The number of guanidine groups is 1. The van der Waals surface area contributed by atoms with Crippen LogP contribution in [0.25, 0.3) is 0 Å². The molecule has 0 atom stereocenters. The number of carbonyl (C=O) groups excluding carboxylic acids is 1. The lowest BCUT2D eigenvalue weighted by molar-refractivity contribution is -0.116. The van der Waals surface area contributed by atoms with Crippen molar-refractivity contribution < 1.29 is 9.32 Å². The van der Waals surface area contributed by atoms with E-state index in [1.165, 1.54) is 0 Å². The summed E-state index contributed by atoms with van der Waals surface area (Å²) in [7, 11) is 0. The molecule has 0 saturated carbocycles. The van der Waals surface area contributed by atoms with Crippen LogP contribution in [-0.2, 0) is 11.3 Å². The van der Waals surface area contributed by atoms with Crippen LogP contribution >= 0.6 is 35.6 Å². The zero-order valence-corrected chi connectivity index (χ0v) is 21.0. The van der Waals surface area contributed by atoms with E-state index in [1.807, 2.05) is 38.1 Å². The van der Waals surface area contributed by atoms with Crippen LogP contribution < -0.4 is 10.6 Å². The molecular weight excluding hydrogens is 531 g/mol. The molecule has 0 unspecified atom stereocenters. The molecule has 0 spiro atoms. The van der Waals surface area contributed by atoms with Gasteiger partial charge in [0.15, 0.2) is 5.96 Å². The highest BCUT2D eigenvalue weighted by Crippen LogP contribution is 2.22. The van der Waals surface area contributed by atoms with Gasteiger partial charge in [0.05, 0.1) is 12.2 Å². The van der Waals surface area contributed by atoms with Crippen LogP contribution in [0.4, 0.5) is 5.69 Å². The van der Waals surface area contributed by atoms with E-state index in [0.29, 0.717) is 18.0 Å². The van der Waals surface area contributed by atoms with Gasteiger partial charge in [-0.05, 0) is 31.5 Å². The summed E-state index contributed by atoms with van der Waals surface area (Å²) < 4.78 is 4.91. The van der Waals surface area contributed by atoms with Crippen LogP contribution in [-0.4, -0.2) is 66.1 Å². The topological polar surface area (TPSA) is 86.0 Å². The second-order valence-electron chi connectivity index (χ2n) is 7.20. The molecule has 0 aliphatic carbocycles. The number of nitrogens with one attached hydrogen (secondary N) is 2. The maximum atomic E-state index is 12.3. The van der Waals surface area contributed by atoms with Crippen LogP contribution in [0, 0.1) is 6.92 Å². The van der Waals surface area contributed by atoms with E-state index in [2.05, 4.69) is 30.6 Å². The van der Waals surface area contributed by atoms with Crippen molar-refractivity contribution in [1.82, 2.24) is 20.3 Å². The van der Waals surface area contributed by atoms with Gasteiger partial charge in [-0.15, -0.1) is 24.0 Å². The van der Waals surface area contributed by atoms with Crippen molar-refractivity contribution in [3.8, 4) is 0 Å². The van der Waals surface area contributed by atoms with Crippen LogP contribution in [0.15, 0.2) is 40.0 Å². The molecule has 2 heterocycles. The Balaban J connectivity index is 0.00000341. The third-order valence-electron chi connectivity index (χ3n) is 5.03. The number of nitrogens with zero attached hydrogens (tertiary/aromatic N) is 4. The summed E-state index contributed by atoms with van der Waals surface area (Å²) in [5.41, 5.74) is 2.56. The summed E-state index contributed by atoms with van der Waals surface area (Å²) in [4.78, 5) is 21.6. The van der Waals surface area contributed by atoms with Crippen molar-refractivity contribution in [2.45, 2.75) is 26.8 Å². The minimum absolute atomic E-state index is 0. The molecule has 31 heavy (non-hydrogen) atoms. The fourth-order valence-electron chi connectivity index (χ4n) is 3.31. The molecule has 1 aliphatic rings. The van der Waals surface area contributed by atoms with E-state index in [1.54, 1.807) is 6.26 Å². The fraction of sp³-hybridized carbons (Fsp3) is 0.476. The van der Waals surface area contributed by atoms with Crippen LogP contribution in [0.3, 0.4) is 0 Å². The van der Waals surface area contributed by atoms with Gasteiger partial charge in [0, 0.05) is 62.5 Å². The van der Waals surface area contributed by atoms with Crippen molar-refractivity contribution in [1.29, 1.82) is 0 Å². The predicted molar refractivity (Wildman–Crippen MR) is 134 cm³/mol. The van der Waals surface area contributed by atoms with E-state index in [9.17, 15) is 4.79 Å². The molecule has 10 heteroatoms. The highest BCUT2D eigenvalue weighted by Gasteiger charge is 2.20. The predicted octanol–water partition coefficient (Wildman–Crippen LogP) is 3.37. The zero-order chi connectivity index (χ0) is 21.3. The number of anilines is 1. The van der Waals surface area contributed by atoms with Crippen molar-refractivity contribution in [2.75, 3.05) is 44.6 Å². The maximum Gasteiger partial charge on any atom is 0.226 e. The van der Waals surface area contributed by atoms with Gasteiger partial charge >= 0.3 is 0 Å². The molecule has 0 radical (unpaired) electrons. The fourth-order valence-corrected chi connectivity index (χ4v) is 3.49. The summed E-state index contributed by atoms with van der Waals surface area (Å²) in [6.45, 7) is 9.53. The molecule has 1 fully saturated rings. The van der Waals surface area contributed by atoms with Gasteiger partial charge in [0.25, 0.3) is 0 Å². The van der Waals surface area contributed by atoms with Crippen molar-refractivity contribution in [3.05, 3.63) is 46.8 Å². The third kappa shape index (κ3) is 7.65. The van der Waals surface area contributed by atoms with Crippen LogP contribution in [0.2, 0.25) is 5.02 Å². The van der Waals surface area contributed by atoms with E-state index in [-0.39, 0.29) is 29.9 Å². The van der Waals surface area contributed by atoms with E-state index < -0.39 is 0 Å². The Morgan fingerprint density at radius 3 is 2.71 bits per heavy atom. The smallest absolute Gasteiger partial charge is 0.226 e. The summed E-state index contributed by atoms with van der Waals surface area (Å²) in [5.74, 6) is 0.780. The molecule has 1 aromatic carbocycles. The molecule has 1 aromatic heterocycles. The van der Waals surface area contributed by atoms with Gasteiger partial charge in [-0.25, -0.2) is 0 Å². The van der Waals surface area contributed by atoms with Gasteiger partial charge in [-0.1, -0.05) is 22.8 Å². The minimum Gasteiger partial charge on any atom is -0.364 e. The number of aliphatic imine (C=N–C) groups is 1. The molecule has 0 bridgehead atoms. The number of halogens is 2. The highest BCUT2D eigenvalue weighted by atomic mass is 127. The van der Waals surface area contributed by atoms with Crippen LogP contribution in [0.1, 0.15) is 24.6 Å². The van der Waals surface area contributed by atoms with E-state index in [4.69, 9.17) is 16.1 Å². The van der Waals surface area contributed by atoms with Gasteiger partial charge in [-0.2, -0.15) is 0 Å². The Hall–Kier alpha value is -1.85. The second-order valence-corrected chi connectivity index (χ2v) is 7.61. The number of aromatic nitrogens is 1. The lowest BCUT2D eigenvalue weighted by atomic mass is 10.2. The van der Waals surface area contributed by atoms with Gasteiger partial charge < -0.3 is 20.1 Å². The highest BCUT2D eigenvalue weighted by molar-refractivity contribution is 14.0. The van der Waals surface area contributed by atoms with Crippen molar-refractivity contribution >= 4 is 53.1 Å². The number of hydrogen-bond acceptors (Lipinski definition) is 5. The van der Waals surface area contributed by atoms with Crippen molar-refractivity contribution in [2.24, 2.45) is 4.99 Å². The van der Waals surface area contributed by atoms with Gasteiger partial charge in [0.2, 0.25) is 5.91 Å². The summed E-state index contributed by atoms with van der Waals surface area (Å²) in [5, 5.41) is 10.9. The molecule has 3 rings (SSSR count). The maximum absolute atomic E-state index is 12.3. The molecule has 170 valence electrons. The third-order valence-corrected chi connectivity index (χ3v) is 5.44. The van der Waals surface area contributed by atoms with E-state index >= 15 is 0 Å². The first kappa shape index (κ1) is 25.4. The SMILES string of the molecule is CCNC(=NCCC(=O)Nc1cccc(Cl)c1C)N1CCN(Cc2ccon2)CC1.I. The molecule has 1 aliphatic heterocycles. The number of amides is 1. The number of piperazine rings is 1. The molecule has 8 nitrogen and oxygen atoms in total. The first-order chi connectivity index (χ1) is 14.6. The quantitative estimate of drug-likeness (QED) is 0.307. The van der Waals surface area contributed by atoms with Crippen LogP contribution in [0.5, 0.6) is 0 Å². The molecule has 2 N–H and O–H groups in total. The monoisotopic (exact) mass is 560 g/mol. The van der Waals surface area contributed by atoms with Gasteiger partial charge in [-0.3, -0.25) is 14.7 Å². The molecule has 1 saturated heterocycles.